The van der Waals surface area contributed by atoms with E-state index in [1.54, 1.807) is 0 Å². The second-order valence-electron chi connectivity index (χ2n) is 9.31. The number of benzene rings is 7. The van der Waals surface area contributed by atoms with Crippen LogP contribution in [-0.4, -0.2) is 0 Å². The Hall–Kier alpha value is -4.33. The van der Waals surface area contributed by atoms with Gasteiger partial charge in [0.2, 0.25) is 0 Å². The fourth-order valence-corrected chi connectivity index (χ4v) is 6.44. The fourth-order valence-electron chi connectivity index (χ4n) is 5.51. The van der Waals surface area contributed by atoms with Gasteiger partial charge in [0, 0.05) is 9.79 Å². The lowest BCUT2D eigenvalue weighted by Gasteiger charge is -2.19. The van der Waals surface area contributed by atoms with Crippen LogP contribution >= 0.6 is 11.8 Å². The highest BCUT2D eigenvalue weighted by Gasteiger charge is 2.18. The van der Waals surface area contributed by atoms with Gasteiger partial charge in [-0.25, -0.2) is 0 Å². The zero-order chi connectivity index (χ0) is 24.6. The zero-order valence-corrected chi connectivity index (χ0v) is 21.1. The number of fused-ring (bicyclic) bond motifs is 3. The van der Waals surface area contributed by atoms with Crippen LogP contribution in [0.4, 0.5) is 0 Å². The van der Waals surface area contributed by atoms with E-state index in [-0.39, 0.29) is 0 Å². The number of hydrogen-bond acceptors (Lipinski definition) is 1. The molecule has 0 heterocycles. The Bertz CT molecular complexity index is 1830. The van der Waals surface area contributed by atoms with E-state index in [2.05, 4.69) is 146 Å². The maximum Gasteiger partial charge on any atom is 0.0134 e. The second-order valence-corrected chi connectivity index (χ2v) is 10.5. The van der Waals surface area contributed by atoms with E-state index in [4.69, 9.17) is 0 Å². The van der Waals surface area contributed by atoms with Crippen LogP contribution < -0.4 is 0 Å². The first kappa shape index (κ1) is 21.9. The molecule has 0 aliphatic carbocycles. The lowest BCUT2D eigenvalue weighted by atomic mass is 9.85. The Balaban J connectivity index is 1.59. The second kappa shape index (κ2) is 9.28. The summed E-state index contributed by atoms with van der Waals surface area (Å²) in [6.45, 7) is 0. The van der Waals surface area contributed by atoms with E-state index < -0.39 is 0 Å². The lowest BCUT2D eigenvalue weighted by Crippen LogP contribution is -1.92. The molecule has 0 saturated heterocycles. The van der Waals surface area contributed by atoms with E-state index >= 15 is 0 Å². The molecule has 0 unspecified atom stereocenters. The fraction of sp³-hybridized carbons (Fsp3) is 0. The van der Waals surface area contributed by atoms with Crippen LogP contribution in [0.3, 0.4) is 0 Å². The predicted octanol–water partition coefficient (Wildman–Crippen LogP) is 10.6. The van der Waals surface area contributed by atoms with Gasteiger partial charge in [-0.3, -0.25) is 0 Å². The summed E-state index contributed by atoms with van der Waals surface area (Å²) in [5.41, 5.74) is 5.13. The highest BCUT2D eigenvalue weighted by atomic mass is 32.2. The van der Waals surface area contributed by atoms with Crippen LogP contribution in [-0.2, 0) is 0 Å². The van der Waals surface area contributed by atoms with E-state index in [0.717, 1.165) is 0 Å². The highest BCUT2D eigenvalue weighted by molar-refractivity contribution is 7.99. The Morgan fingerprint density at radius 2 is 0.838 bits per heavy atom. The molecule has 0 bridgehead atoms. The van der Waals surface area contributed by atoms with Gasteiger partial charge >= 0.3 is 0 Å². The molecule has 0 aliphatic heterocycles. The van der Waals surface area contributed by atoms with Gasteiger partial charge in [-0.2, -0.15) is 0 Å². The molecule has 0 atom stereocenters. The van der Waals surface area contributed by atoms with Crippen molar-refractivity contribution in [2.75, 3.05) is 0 Å². The summed E-state index contributed by atoms with van der Waals surface area (Å²) in [4.78, 5) is 2.50. The van der Waals surface area contributed by atoms with Crippen LogP contribution in [0.5, 0.6) is 0 Å². The summed E-state index contributed by atoms with van der Waals surface area (Å²) in [5, 5.41) is 7.68. The van der Waals surface area contributed by atoms with E-state index in [1.165, 1.54) is 64.4 Å². The quantitative estimate of drug-likeness (QED) is 0.222. The molecule has 0 nitrogen and oxygen atoms in total. The van der Waals surface area contributed by atoms with Crippen LogP contribution in [0.25, 0.3) is 54.6 Å². The van der Waals surface area contributed by atoms with Crippen molar-refractivity contribution < 1.29 is 0 Å². The minimum atomic E-state index is 1.25. The van der Waals surface area contributed by atoms with Crippen molar-refractivity contribution in [3.63, 3.8) is 0 Å². The Morgan fingerprint density at radius 1 is 0.351 bits per heavy atom. The molecule has 0 saturated carbocycles. The van der Waals surface area contributed by atoms with E-state index in [9.17, 15) is 0 Å². The summed E-state index contributed by atoms with van der Waals surface area (Å²) in [5.74, 6) is 0. The minimum absolute atomic E-state index is 1.25. The van der Waals surface area contributed by atoms with Crippen molar-refractivity contribution >= 4 is 44.1 Å². The molecule has 37 heavy (non-hydrogen) atoms. The SMILES string of the molecule is c1ccc(Sc2cc(-c3c4ccccc4c(-c4ccccc4)c4ccccc34)c3ccccc3c2)cc1. The maximum absolute atomic E-state index is 2.39. The molecule has 0 aromatic heterocycles. The molecule has 7 rings (SSSR count). The minimum Gasteiger partial charge on any atom is -0.0901 e. The van der Waals surface area contributed by atoms with Crippen LogP contribution in [0.1, 0.15) is 0 Å². The average Bonchev–Trinajstić information content (AvgIpc) is 2.96. The van der Waals surface area contributed by atoms with Gasteiger partial charge in [-0.15, -0.1) is 0 Å². The van der Waals surface area contributed by atoms with Crippen molar-refractivity contribution in [1.29, 1.82) is 0 Å². The Kier molecular flexibility index (Phi) is 5.49. The maximum atomic E-state index is 2.39. The average molecular weight is 489 g/mol. The van der Waals surface area contributed by atoms with Gasteiger partial charge in [0.25, 0.3) is 0 Å². The van der Waals surface area contributed by atoms with Gasteiger partial charge in [-0.05, 0) is 78.8 Å². The summed E-state index contributed by atoms with van der Waals surface area (Å²) >= 11 is 1.82. The van der Waals surface area contributed by atoms with Crippen molar-refractivity contribution in [2.24, 2.45) is 0 Å². The van der Waals surface area contributed by atoms with Crippen LogP contribution in [0.15, 0.2) is 155 Å². The predicted molar refractivity (Wildman–Crippen MR) is 160 cm³/mol. The van der Waals surface area contributed by atoms with Crippen molar-refractivity contribution in [1.82, 2.24) is 0 Å². The molecule has 0 radical (unpaired) electrons. The van der Waals surface area contributed by atoms with Gasteiger partial charge < -0.3 is 0 Å². The molecule has 7 aromatic carbocycles. The lowest BCUT2D eigenvalue weighted by molar-refractivity contribution is 1.42. The van der Waals surface area contributed by atoms with Crippen molar-refractivity contribution in [2.45, 2.75) is 9.79 Å². The van der Waals surface area contributed by atoms with Gasteiger partial charge in [0.1, 0.15) is 0 Å². The smallest absolute Gasteiger partial charge is 0.0134 e. The normalized spacial score (nSPS) is 11.4. The third-order valence-corrected chi connectivity index (χ3v) is 8.06. The van der Waals surface area contributed by atoms with E-state index in [1.807, 2.05) is 11.8 Å². The van der Waals surface area contributed by atoms with Crippen LogP contribution in [0, 0.1) is 0 Å². The number of hydrogen-bond donors (Lipinski definition) is 0. The third-order valence-electron chi connectivity index (χ3n) is 7.08. The molecule has 0 N–H and O–H groups in total. The molecule has 7 aromatic rings. The monoisotopic (exact) mass is 488 g/mol. The first-order chi connectivity index (χ1) is 18.4. The first-order valence-corrected chi connectivity index (χ1v) is 13.4. The third kappa shape index (κ3) is 3.89. The Labute approximate surface area is 221 Å². The molecule has 0 aliphatic rings. The summed E-state index contributed by atoms with van der Waals surface area (Å²) in [7, 11) is 0. The van der Waals surface area contributed by atoms with Crippen LogP contribution in [0.2, 0.25) is 0 Å². The molecule has 174 valence electrons. The summed E-state index contributed by atoms with van der Waals surface area (Å²) < 4.78 is 0. The summed E-state index contributed by atoms with van der Waals surface area (Å²) in [6, 6.07) is 52.7. The highest BCUT2D eigenvalue weighted by Crippen LogP contribution is 2.46. The molecular formula is C36H24S. The molecule has 0 amide bonds. The largest absolute Gasteiger partial charge is 0.0901 e. The molecule has 0 spiro atoms. The zero-order valence-electron chi connectivity index (χ0n) is 20.3. The number of rotatable bonds is 4. The molecule has 1 heteroatoms. The molecule has 0 fully saturated rings. The first-order valence-electron chi connectivity index (χ1n) is 12.6. The standard InChI is InChI=1S/C36H24S/c1-3-13-25(14-4-1)35-30-19-9-11-21-32(30)36(33-22-12-10-20-31(33)35)34-24-28(37-27-16-5-2-6-17-27)23-26-15-7-8-18-29(26)34/h1-24H. The van der Waals surface area contributed by atoms with Crippen molar-refractivity contribution in [3.05, 3.63) is 146 Å². The van der Waals surface area contributed by atoms with Gasteiger partial charge in [-0.1, -0.05) is 133 Å². The van der Waals surface area contributed by atoms with E-state index in [0.29, 0.717) is 0 Å². The van der Waals surface area contributed by atoms with Gasteiger partial charge in [0.05, 0.1) is 0 Å². The topological polar surface area (TPSA) is 0 Å². The Morgan fingerprint density at radius 3 is 1.46 bits per heavy atom. The summed E-state index contributed by atoms with van der Waals surface area (Å²) in [6.07, 6.45) is 0. The van der Waals surface area contributed by atoms with Gasteiger partial charge in [0.15, 0.2) is 0 Å². The molecular weight excluding hydrogens is 464 g/mol. The van der Waals surface area contributed by atoms with Crippen molar-refractivity contribution in [3.8, 4) is 22.3 Å².